The molecule has 2 heterocycles. The van der Waals surface area contributed by atoms with Crippen molar-refractivity contribution in [2.24, 2.45) is 4.99 Å². The Labute approximate surface area is 109 Å². The van der Waals surface area contributed by atoms with Gasteiger partial charge in [-0.1, -0.05) is 30.0 Å². The molecule has 3 nitrogen and oxygen atoms in total. The third-order valence-corrected chi connectivity index (χ3v) is 5.62. The van der Waals surface area contributed by atoms with Crippen LogP contribution in [-0.4, -0.2) is 30.1 Å². The lowest BCUT2D eigenvalue weighted by Gasteiger charge is -2.19. The van der Waals surface area contributed by atoms with Gasteiger partial charge in [0.05, 0.1) is 6.54 Å². The molecule has 0 saturated carbocycles. The summed E-state index contributed by atoms with van der Waals surface area (Å²) in [5, 5.41) is 0. The molecule has 2 aliphatic rings. The summed E-state index contributed by atoms with van der Waals surface area (Å²) in [6.07, 6.45) is 2.00. The van der Waals surface area contributed by atoms with Gasteiger partial charge in [-0.3, -0.25) is 9.79 Å². The third-order valence-electron chi connectivity index (χ3n) is 3.22. The molecule has 3 rings (SSSR count). The normalized spacial score (nSPS) is 26.6. The summed E-state index contributed by atoms with van der Waals surface area (Å²) >= 11 is 3.21. The van der Waals surface area contributed by atoms with Crippen molar-refractivity contribution in [1.29, 1.82) is 0 Å². The first-order valence-corrected chi connectivity index (χ1v) is 7.38. The molecular weight excluding hydrogens is 252 g/mol. The van der Waals surface area contributed by atoms with E-state index in [0.717, 1.165) is 15.6 Å². The monoisotopic (exact) mass is 264 g/mol. The Morgan fingerprint density at radius 3 is 2.94 bits per heavy atom. The van der Waals surface area contributed by atoms with E-state index in [9.17, 15) is 4.79 Å². The summed E-state index contributed by atoms with van der Waals surface area (Å²) in [5.74, 6) is 0.150. The number of hydrogen-bond acceptors (Lipinski definition) is 4. The number of nitrogens with zero attached hydrogens (tertiary/aromatic N) is 2. The van der Waals surface area contributed by atoms with E-state index in [4.69, 9.17) is 0 Å². The number of hydrogen-bond donors (Lipinski definition) is 0. The van der Waals surface area contributed by atoms with Gasteiger partial charge in [0, 0.05) is 18.3 Å². The standard InChI is InChI=1S/C12H12N2OS2/c1-14-9-6-4-3-5-8(9)12(10(14)15)7-13-11(16-2)17-12/h3-6H,7H2,1-2H3. The maximum Gasteiger partial charge on any atom is 0.249 e. The van der Waals surface area contributed by atoms with E-state index < -0.39 is 4.75 Å². The fourth-order valence-electron chi connectivity index (χ4n) is 2.35. The Kier molecular flexibility index (Phi) is 2.48. The van der Waals surface area contributed by atoms with Gasteiger partial charge < -0.3 is 4.90 Å². The van der Waals surface area contributed by atoms with Gasteiger partial charge in [0.2, 0.25) is 5.91 Å². The second kappa shape index (κ2) is 3.78. The Morgan fingerprint density at radius 2 is 2.24 bits per heavy atom. The molecule has 0 N–H and O–H groups in total. The fraction of sp³-hybridized carbons (Fsp3) is 0.333. The lowest BCUT2D eigenvalue weighted by atomic mass is 10.00. The van der Waals surface area contributed by atoms with Crippen LogP contribution in [-0.2, 0) is 9.54 Å². The van der Waals surface area contributed by atoms with Crippen LogP contribution in [0.25, 0.3) is 0 Å². The fourth-order valence-corrected chi connectivity index (χ4v) is 4.37. The zero-order chi connectivity index (χ0) is 12.0. The van der Waals surface area contributed by atoms with Crippen molar-refractivity contribution < 1.29 is 4.79 Å². The molecule has 17 heavy (non-hydrogen) atoms. The molecule has 0 bridgehead atoms. The van der Waals surface area contributed by atoms with Gasteiger partial charge in [-0.15, -0.1) is 11.8 Å². The van der Waals surface area contributed by atoms with Crippen LogP contribution in [0.15, 0.2) is 29.3 Å². The summed E-state index contributed by atoms with van der Waals surface area (Å²) in [6.45, 7) is 0.564. The van der Waals surface area contributed by atoms with Gasteiger partial charge in [0.25, 0.3) is 0 Å². The highest BCUT2D eigenvalue weighted by molar-refractivity contribution is 8.39. The molecule has 1 atom stereocenters. The summed E-state index contributed by atoms with van der Waals surface area (Å²) in [5.41, 5.74) is 2.12. The van der Waals surface area contributed by atoms with Gasteiger partial charge >= 0.3 is 0 Å². The number of rotatable bonds is 0. The van der Waals surface area contributed by atoms with E-state index in [1.165, 1.54) is 0 Å². The number of aliphatic imine (C=N–C) groups is 1. The van der Waals surface area contributed by atoms with Crippen molar-refractivity contribution in [3.8, 4) is 0 Å². The molecule has 2 aliphatic heterocycles. The minimum atomic E-state index is -0.496. The van der Waals surface area contributed by atoms with E-state index in [1.807, 2.05) is 37.6 Å². The number of anilines is 1. The number of para-hydroxylation sites is 1. The Hall–Kier alpha value is -0.940. The van der Waals surface area contributed by atoms with Crippen LogP contribution in [0.2, 0.25) is 0 Å². The second-order valence-corrected chi connectivity index (χ2v) is 6.44. The molecule has 0 saturated heterocycles. The van der Waals surface area contributed by atoms with Gasteiger partial charge in [-0.25, -0.2) is 0 Å². The van der Waals surface area contributed by atoms with Crippen molar-refractivity contribution >= 4 is 39.5 Å². The summed E-state index contributed by atoms with van der Waals surface area (Å²) in [6, 6.07) is 8.00. The van der Waals surface area contributed by atoms with Crippen LogP contribution < -0.4 is 4.90 Å². The average Bonchev–Trinajstić information content (AvgIpc) is 2.89. The number of fused-ring (bicyclic) bond motifs is 2. The van der Waals surface area contributed by atoms with Gasteiger partial charge in [-0.05, 0) is 12.3 Å². The largest absolute Gasteiger partial charge is 0.314 e. The minimum Gasteiger partial charge on any atom is -0.314 e. The van der Waals surface area contributed by atoms with Crippen molar-refractivity contribution in [2.75, 3.05) is 24.7 Å². The molecule has 1 unspecified atom stereocenters. The Balaban J connectivity index is 2.11. The molecule has 1 spiro atoms. The third kappa shape index (κ3) is 1.39. The predicted molar refractivity (Wildman–Crippen MR) is 74.9 cm³/mol. The number of carbonyl (C=O) groups is 1. The van der Waals surface area contributed by atoms with Crippen LogP contribution in [0.3, 0.4) is 0 Å². The summed E-state index contributed by atoms with van der Waals surface area (Å²) in [7, 11) is 1.84. The smallest absolute Gasteiger partial charge is 0.249 e. The zero-order valence-corrected chi connectivity index (χ0v) is 11.3. The molecule has 0 radical (unpaired) electrons. The van der Waals surface area contributed by atoms with Crippen molar-refractivity contribution in [3.05, 3.63) is 29.8 Å². The number of likely N-dealkylation sites (N-methyl/N-ethyl adjacent to an activating group) is 1. The van der Waals surface area contributed by atoms with Crippen molar-refractivity contribution in [1.82, 2.24) is 0 Å². The number of thioether (sulfide) groups is 2. The van der Waals surface area contributed by atoms with Crippen LogP contribution in [0.5, 0.6) is 0 Å². The van der Waals surface area contributed by atoms with E-state index in [-0.39, 0.29) is 5.91 Å². The zero-order valence-electron chi connectivity index (χ0n) is 9.64. The molecule has 88 valence electrons. The van der Waals surface area contributed by atoms with Gasteiger partial charge in [-0.2, -0.15) is 0 Å². The van der Waals surface area contributed by atoms with Crippen LogP contribution in [0, 0.1) is 0 Å². The Morgan fingerprint density at radius 1 is 1.47 bits per heavy atom. The molecule has 5 heteroatoms. The van der Waals surface area contributed by atoms with E-state index in [1.54, 1.807) is 28.4 Å². The van der Waals surface area contributed by atoms with E-state index in [2.05, 4.69) is 4.99 Å². The molecule has 1 aromatic rings. The van der Waals surface area contributed by atoms with Gasteiger partial charge in [0.15, 0.2) is 0 Å². The first kappa shape index (κ1) is 11.2. The molecule has 0 fully saturated rings. The van der Waals surface area contributed by atoms with Crippen molar-refractivity contribution in [2.45, 2.75) is 4.75 Å². The van der Waals surface area contributed by atoms with Crippen LogP contribution in [0.1, 0.15) is 5.56 Å². The predicted octanol–water partition coefficient (Wildman–Crippen LogP) is 2.32. The molecule has 1 aromatic carbocycles. The number of amides is 1. The average molecular weight is 264 g/mol. The summed E-state index contributed by atoms with van der Waals surface area (Å²) in [4.78, 5) is 18.7. The molecular formula is C12H12N2OS2. The van der Waals surface area contributed by atoms with E-state index >= 15 is 0 Å². The lowest BCUT2D eigenvalue weighted by molar-refractivity contribution is -0.119. The first-order valence-electron chi connectivity index (χ1n) is 5.34. The maximum absolute atomic E-state index is 12.5. The number of carbonyl (C=O) groups excluding carboxylic acids is 1. The molecule has 0 aliphatic carbocycles. The molecule has 1 amide bonds. The maximum atomic E-state index is 12.5. The quantitative estimate of drug-likeness (QED) is 0.721. The lowest BCUT2D eigenvalue weighted by Crippen LogP contribution is -2.36. The highest BCUT2D eigenvalue weighted by Crippen LogP contribution is 2.52. The van der Waals surface area contributed by atoms with Crippen LogP contribution in [0.4, 0.5) is 5.69 Å². The SMILES string of the molecule is CSC1=NCC2(S1)C(=O)N(C)c1ccccc12. The second-order valence-electron chi connectivity index (χ2n) is 4.10. The highest BCUT2D eigenvalue weighted by atomic mass is 32.2. The van der Waals surface area contributed by atoms with Gasteiger partial charge in [0.1, 0.15) is 9.12 Å². The highest BCUT2D eigenvalue weighted by Gasteiger charge is 2.53. The van der Waals surface area contributed by atoms with Crippen molar-refractivity contribution in [3.63, 3.8) is 0 Å². The van der Waals surface area contributed by atoms with E-state index in [0.29, 0.717) is 6.54 Å². The van der Waals surface area contributed by atoms with Crippen LogP contribution >= 0.6 is 23.5 Å². The number of benzene rings is 1. The minimum absolute atomic E-state index is 0.150. The Bertz CT molecular complexity index is 529. The topological polar surface area (TPSA) is 32.7 Å². The first-order chi connectivity index (χ1) is 8.19. The molecule has 0 aromatic heterocycles. The summed E-state index contributed by atoms with van der Waals surface area (Å²) < 4.78 is 0.507.